The van der Waals surface area contributed by atoms with Crippen molar-refractivity contribution >= 4 is 11.8 Å². The van der Waals surface area contributed by atoms with Gasteiger partial charge in [0, 0.05) is 12.6 Å². The van der Waals surface area contributed by atoms with Crippen LogP contribution in [-0.2, 0) is 30.4 Å². The zero-order chi connectivity index (χ0) is 22.3. The number of hydrogen-bond acceptors (Lipinski definition) is 6. The summed E-state index contributed by atoms with van der Waals surface area (Å²) in [6.07, 6.45) is 6.66. The molecule has 0 bridgehead atoms. The highest BCUT2D eigenvalue weighted by Gasteiger charge is 2.35. The Hall–Kier alpha value is -1.76. The molecular weight excluding hydrogens is 394 g/mol. The van der Waals surface area contributed by atoms with Crippen molar-refractivity contribution in [1.29, 1.82) is 0 Å². The second kappa shape index (κ2) is 15.1. The molecule has 0 amide bonds. The largest absolute Gasteiger partial charge is 0.465 e. The first-order chi connectivity index (χ1) is 15.1. The first-order valence-electron chi connectivity index (χ1n) is 11.8. The molecule has 31 heavy (non-hydrogen) atoms. The molecule has 1 fully saturated rings. The molecule has 1 aliphatic carbocycles. The molecule has 1 saturated carbocycles. The van der Waals surface area contributed by atoms with Crippen molar-refractivity contribution in [3.05, 3.63) is 35.9 Å². The van der Waals surface area contributed by atoms with Crippen molar-refractivity contribution in [3.8, 4) is 0 Å². The second-order valence-corrected chi connectivity index (χ2v) is 8.26. The van der Waals surface area contributed by atoms with Crippen molar-refractivity contribution in [1.82, 2.24) is 4.90 Å². The fraction of sp³-hybridized carbons (Fsp3) is 0.680. The van der Waals surface area contributed by atoms with Gasteiger partial charge >= 0.3 is 5.97 Å². The average molecular weight is 434 g/mol. The van der Waals surface area contributed by atoms with Crippen LogP contribution in [0.3, 0.4) is 0 Å². The van der Waals surface area contributed by atoms with Gasteiger partial charge in [-0.2, -0.15) is 0 Å². The van der Waals surface area contributed by atoms with Crippen LogP contribution < -0.4 is 0 Å². The molecule has 1 aliphatic rings. The van der Waals surface area contributed by atoms with E-state index in [-0.39, 0.29) is 43.6 Å². The van der Waals surface area contributed by atoms with Crippen LogP contribution in [-0.4, -0.2) is 61.7 Å². The molecule has 0 aliphatic heterocycles. The van der Waals surface area contributed by atoms with Crippen LogP contribution in [0.2, 0.25) is 0 Å². The number of nitrogens with zero attached hydrogens (tertiary/aromatic N) is 1. The lowest BCUT2D eigenvalue weighted by Crippen LogP contribution is -2.47. The molecule has 0 heterocycles. The number of ketones is 1. The zero-order valence-electron chi connectivity index (χ0n) is 19.2. The lowest BCUT2D eigenvalue weighted by Gasteiger charge is -2.31. The molecule has 0 aromatic heterocycles. The van der Waals surface area contributed by atoms with Crippen LogP contribution in [0.15, 0.2) is 30.3 Å². The van der Waals surface area contributed by atoms with Crippen LogP contribution in [0.4, 0.5) is 0 Å². The molecule has 1 aromatic rings. The lowest BCUT2D eigenvalue weighted by atomic mass is 10.1. The summed E-state index contributed by atoms with van der Waals surface area (Å²) in [6, 6.07) is 10.1. The van der Waals surface area contributed by atoms with Gasteiger partial charge in [0.25, 0.3) is 0 Å². The molecule has 174 valence electrons. The van der Waals surface area contributed by atoms with Gasteiger partial charge in [-0.05, 0) is 37.7 Å². The fourth-order valence-corrected chi connectivity index (χ4v) is 3.83. The maximum absolute atomic E-state index is 12.5. The molecule has 2 rings (SSSR count). The van der Waals surface area contributed by atoms with Crippen LogP contribution in [0.5, 0.6) is 0 Å². The number of rotatable bonds is 16. The van der Waals surface area contributed by atoms with E-state index in [1.54, 1.807) is 0 Å². The van der Waals surface area contributed by atoms with Crippen molar-refractivity contribution in [2.45, 2.75) is 77.5 Å². The SMILES string of the molecule is CCCCOCC(=O)CN(CC(=O)OCCCC)[C@H]1CCC[C@@H]1OCc1ccccc1. The monoisotopic (exact) mass is 433 g/mol. The summed E-state index contributed by atoms with van der Waals surface area (Å²) in [5, 5.41) is 0. The highest BCUT2D eigenvalue weighted by Crippen LogP contribution is 2.28. The van der Waals surface area contributed by atoms with Crippen molar-refractivity contribution in [2.75, 3.05) is 32.9 Å². The van der Waals surface area contributed by atoms with E-state index in [2.05, 4.69) is 13.8 Å². The Morgan fingerprint density at radius 2 is 1.74 bits per heavy atom. The highest BCUT2D eigenvalue weighted by atomic mass is 16.5. The van der Waals surface area contributed by atoms with Gasteiger partial charge in [0.2, 0.25) is 0 Å². The number of ether oxygens (including phenoxy) is 3. The van der Waals surface area contributed by atoms with Gasteiger partial charge in [0.05, 0.1) is 32.4 Å². The van der Waals surface area contributed by atoms with Crippen molar-refractivity contribution in [2.24, 2.45) is 0 Å². The average Bonchev–Trinajstić information content (AvgIpc) is 3.24. The Morgan fingerprint density at radius 1 is 1.00 bits per heavy atom. The van der Waals surface area contributed by atoms with E-state index in [0.29, 0.717) is 19.8 Å². The van der Waals surface area contributed by atoms with Crippen LogP contribution in [0.1, 0.15) is 64.4 Å². The Labute approximate surface area is 187 Å². The summed E-state index contributed by atoms with van der Waals surface area (Å²) < 4.78 is 17.1. The predicted molar refractivity (Wildman–Crippen MR) is 121 cm³/mol. The number of hydrogen-bond donors (Lipinski definition) is 0. The molecule has 0 saturated heterocycles. The summed E-state index contributed by atoms with van der Waals surface area (Å²) in [7, 11) is 0. The van der Waals surface area contributed by atoms with Gasteiger partial charge < -0.3 is 14.2 Å². The number of carbonyl (C=O) groups is 2. The second-order valence-electron chi connectivity index (χ2n) is 8.26. The normalized spacial score (nSPS) is 18.4. The Balaban J connectivity index is 1.95. The van der Waals surface area contributed by atoms with Gasteiger partial charge in [0.15, 0.2) is 5.78 Å². The Kier molecular flexibility index (Phi) is 12.4. The van der Waals surface area contributed by atoms with Gasteiger partial charge in [-0.25, -0.2) is 0 Å². The third-order valence-corrected chi connectivity index (χ3v) is 5.57. The summed E-state index contributed by atoms with van der Waals surface area (Å²) in [5.74, 6) is -0.284. The Bertz CT molecular complexity index is 636. The van der Waals surface area contributed by atoms with E-state index in [9.17, 15) is 9.59 Å². The third-order valence-electron chi connectivity index (χ3n) is 5.57. The molecule has 0 N–H and O–H groups in total. The topological polar surface area (TPSA) is 65.1 Å². The molecule has 0 spiro atoms. The van der Waals surface area contributed by atoms with Gasteiger partial charge in [-0.15, -0.1) is 0 Å². The quantitative estimate of drug-likeness (QED) is 0.288. The van der Waals surface area contributed by atoms with Gasteiger partial charge in [0.1, 0.15) is 6.61 Å². The first kappa shape index (κ1) is 25.5. The minimum atomic E-state index is -0.276. The van der Waals surface area contributed by atoms with Crippen molar-refractivity contribution < 1.29 is 23.8 Å². The minimum Gasteiger partial charge on any atom is -0.465 e. The highest BCUT2D eigenvalue weighted by molar-refractivity contribution is 5.82. The fourth-order valence-electron chi connectivity index (χ4n) is 3.83. The molecule has 6 nitrogen and oxygen atoms in total. The maximum Gasteiger partial charge on any atom is 0.320 e. The molecule has 1 aromatic carbocycles. The smallest absolute Gasteiger partial charge is 0.320 e. The zero-order valence-corrected chi connectivity index (χ0v) is 19.2. The lowest BCUT2D eigenvalue weighted by molar-refractivity contribution is -0.147. The number of esters is 1. The van der Waals surface area contributed by atoms with Crippen LogP contribution in [0.25, 0.3) is 0 Å². The van der Waals surface area contributed by atoms with E-state index >= 15 is 0 Å². The molecule has 6 heteroatoms. The van der Waals surface area contributed by atoms with Crippen LogP contribution in [0, 0.1) is 0 Å². The van der Waals surface area contributed by atoms with Crippen LogP contribution >= 0.6 is 0 Å². The maximum atomic E-state index is 12.5. The summed E-state index contributed by atoms with van der Waals surface area (Å²) >= 11 is 0. The van der Waals surface area contributed by atoms with Crippen molar-refractivity contribution in [3.63, 3.8) is 0 Å². The summed E-state index contributed by atoms with van der Waals surface area (Å²) in [6.45, 7) is 6.08. The summed E-state index contributed by atoms with van der Waals surface area (Å²) in [5.41, 5.74) is 1.12. The van der Waals surface area contributed by atoms with E-state index in [0.717, 1.165) is 50.5 Å². The Morgan fingerprint density at radius 3 is 2.48 bits per heavy atom. The van der Waals surface area contributed by atoms with Gasteiger partial charge in [-0.3, -0.25) is 14.5 Å². The van der Waals surface area contributed by atoms with E-state index in [1.165, 1.54) is 0 Å². The van der Waals surface area contributed by atoms with Gasteiger partial charge in [-0.1, -0.05) is 57.0 Å². The number of Topliss-reactive ketones (excluding diaryl/α,β-unsaturated/α-hetero) is 1. The van der Waals surface area contributed by atoms with E-state index in [4.69, 9.17) is 14.2 Å². The predicted octanol–water partition coefficient (Wildman–Crippen LogP) is 4.16. The minimum absolute atomic E-state index is 0.00235. The molecular formula is C25H39NO5. The first-order valence-corrected chi connectivity index (χ1v) is 11.8. The molecule has 0 unspecified atom stereocenters. The number of unbranched alkanes of at least 4 members (excludes halogenated alkanes) is 2. The summed E-state index contributed by atoms with van der Waals surface area (Å²) in [4.78, 5) is 26.9. The third kappa shape index (κ3) is 9.93. The van der Waals surface area contributed by atoms with E-state index in [1.807, 2.05) is 35.2 Å². The van der Waals surface area contributed by atoms with E-state index < -0.39 is 0 Å². The standard InChI is InChI=1S/C25H39NO5/c1-3-5-15-29-20-22(27)17-26(18-25(28)30-16-6-4-2)23-13-10-14-24(23)31-19-21-11-8-7-9-12-21/h7-9,11-12,23-24H,3-6,10,13-20H2,1-2H3/t23-,24-/m0/s1. The molecule has 2 atom stereocenters. The molecule has 0 radical (unpaired) electrons. The number of benzene rings is 1. The number of carbonyl (C=O) groups excluding carboxylic acids is 2.